The van der Waals surface area contributed by atoms with Crippen LogP contribution in [0, 0.1) is 5.92 Å². The fourth-order valence-corrected chi connectivity index (χ4v) is 2.45. The summed E-state index contributed by atoms with van der Waals surface area (Å²) in [5, 5.41) is 9.08. The first-order valence-electron chi connectivity index (χ1n) is 7.42. The van der Waals surface area contributed by atoms with E-state index in [-0.39, 0.29) is 5.92 Å². The number of nitrogens with zero attached hydrogens (tertiary/aromatic N) is 4. The number of carboxylic acid groups (broad SMARTS) is 1. The number of carboxylic acids is 1. The molecule has 21 heavy (non-hydrogen) atoms. The molecule has 0 bridgehead atoms. The molecule has 1 aliphatic heterocycles. The largest absolute Gasteiger partial charge is 0.481 e. The van der Waals surface area contributed by atoms with Crippen molar-refractivity contribution in [3.05, 3.63) is 11.8 Å². The predicted molar refractivity (Wildman–Crippen MR) is 83.0 cm³/mol. The van der Waals surface area contributed by atoms with Crippen molar-refractivity contribution in [2.24, 2.45) is 5.92 Å². The van der Waals surface area contributed by atoms with Gasteiger partial charge in [0.2, 0.25) is 5.95 Å². The van der Waals surface area contributed by atoms with E-state index >= 15 is 0 Å². The van der Waals surface area contributed by atoms with E-state index in [1.165, 1.54) is 0 Å². The highest BCUT2D eigenvalue weighted by atomic mass is 16.4. The number of hydrogen-bond acceptors (Lipinski definition) is 5. The average molecular weight is 292 g/mol. The molecule has 0 radical (unpaired) electrons. The molecule has 6 heteroatoms. The topological polar surface area (TPSA) is 69.6 Å². The highest BCUT2D eigenvalue weighted by molar-refractivity contribution is 5.70. The summed E-state index contributed by atoms with van der Waals surface area (Å²) in [5.74, 6) is 1.04. The van der Waals surface area contributed by atoms with Crippen LogP contribution in [0.1, 0.15) is 38.3 Å². The van der Waals surface area contributed by atoms with Crippen molar-refractivity contribution < 1.29 is 9.90 Å². The number of aliphatic carboxylic acids is 1. The Hall–Kier alpha value is -1.85. The normalized spacial score (nSPS) is 16.3. The lowest BCUT2D eigenvalue weighted by Gasteiger charge is -2.31. The summed E-state index contributed by atoms with van der Waals surface area (Å²) in [6.45, 7) is 5.70. The van der Waals surface area contributed by atoms with Crippen LogP contribution >= 0.6 is 0 Å². The summed E-state index contributed by atoms with van der Waals surface area (Å²) < 4.78 is 0. The zero-order chi connectivity index (χ0) is 15.6. The van der Waals surface area contributed by atoms with Gasteiger partial charge < -0.3 is 14.9 Å². The van der Waals surface area contributed by atoms with Gasteiger partial charge in [0.05, 0.1) is 11.6 Å². The van der Waals surface area contributed by atoms with Gasteiger partial charge in [-0.15, -0.1) is 0 Å². The van der Waals surface area contributed by atoms with Crippen molar-refractivity contribution in [1.82, 2.24) is 9.97 Å². The van der Waals surface area contributed by atoms with Gasteiger partial charge >= 0.3 is 5.97 Å². The molecule has 1 N–H and O–H groups in total. The average Bonchev–Trinajstić information content (AvgIpc) is 2.46. The highest BCUT2D eigenvalue weighted by Gasteiger charge is 2.25. The quantitative estimate of drug-likeness (QED) is 0.915. The third-order valence-electron chi connectivity index (χ3n) is 3.88. The second-order valence-electron chi connectivity index (χ2n) is 6.10. The van der Waals surface area contributed by atoms with Gasteiger partial charge in [0.1, 0.15) is 5.82 Å². The Labute approximate surface area is 125 Å². The minimum absolute atomic E-state index is 0.221. The van der Waals surface area contributed by atoms with E-state index in [1.807, 2.05) is 25.1 Å². The lowest BCUT2D eigenvalue weighted by atomic mass is 9.97. The molecule has 0 amide bonds. The summed E-state index contributed by atoms with van der Waals surface area (Å²) in [6, 6.07) is 2.03. The van der Waals surface area contributed by atoms with Crippen LogP contribution < -0.4 is 9.80 Å². The van der Waals surface area contributed by atoms with E-state index in [0.717, 1.165) is 24.6 Å². The Morgan fingerprint density at radius 2 is 1.95 bits per heavy atom. The van der Waals surface area contributed by atoms with Gasteiger partial charge in [-0.1, -0.05) is 13.8 Å². The molecule has 1 aromatic rings. The molecular formula is C15H24N4O2. The van der Waals surface area contributed by atoms with E-state index in [4.69, 9.17) is 5.11 Å². The van der Waals surface area contributed by atoms with Gasteiger partial charge in [-0.2, -0.15) is 4.98 Å². The summed E-state index contributed by atoms with van der Waals surface area (Å²) in [7, 11) is 3.86. The van der Waals surface area contributed by atoms with E-state index in [2.05, 4.69) is 28.7 Å². The highest BCUT2D eigenvalue weighted by Crippen LogP contribution is 2.26. The van der Waals surface area contributed by atoms with Crippen LogP contribution in [-0.4, -0.2) is 48.2 Å². The summed E-state index contributed by atoms with van der Waals surface area (Å²) in [6.07, 6.45) is 1.35. The second kappa shape index (κ2) is 6.28. The van der Waals surface area contributed by atoms with Crippen molar-refractivity contribution >= 4 is 17.7 Å². The third kappa shape index (κ3) is 3.62. The maximum Gasteiger partial charge on any atom is 0.306 e. The zero-order valence-corrected chi connectivity index (χ0v) is 13.2. The number of hydrogen-bond donors (Lipinski definition) is 1. The monoisotopic (exact) mass is 292 g/mol. The van der Waals surface area contributed by atoms with Gasteiger partial charge in [-0.05, 0) is 18.8 Å². The minimum atomic E-state index is -0.686. The number of anilines is 2. The van der Waals surface area contributed by atoms with Crippen LogP contribution in [0.25, 0.3) is 0 Å². The molecule has 0 unspecified atom stereocenters. The van der Waals surface area contributed by atoms with Crippen LogP contribution in [0.2, 0.25) is 0 Å². The molecule has 1 aromatic heterocycles. The molecule has 0 aliphatic carbocycles. The number of piperidine rings is 1. The smallest absolute Gasteiger partial charge is 0.306 e. The molecule has 0 atom stereocenters. The maximum absolute atomic E-state index is 11.0. The maximum atomic E-state index is 11.0. The summed E-state index contributed by atoms with van der Waals surface area (Å²) in [4.78, 5) is 24.3. The first kappa shape index (κ1) is 15.5. The van der Waals surface area contributed by atoms with Crippen LogP contribution in [0.4, 0.5) is 11.8 Å². The van der Waals surface area contributed by atoms with Gasteiger partial charge in [0, 0.05) is 33.3 Å². The molecule has 0 spiro atoms. The third-order valence-corrected chi connectivity index (χ3v) is 3.88. The molecule has 0 aromatic carbocycles. The molecule has 1 saturated heterocycles. The predicted octanol–water partition coefficient (Wildman–Crippen LogP) is 1.97. The first-order chi connectivity index (χ1) is 9.88. The molecule has 0 saturated carbocycles. The molecular weight excluding hydrogens is 268 g/mol. The Bertz CT molecular complexity index is 482. The van der Waals surface area contributed by atoms with Gasteiger partial charge in [0.15, 0.2) is 0 Å². The van der Waals surface area contributed by atoms with Crippen LogP contribution in [-0.2, 0) is 4.79 Å². The summed E-state index contributed by atoms with van der Waals surface area (Å²) >= 11 is 0. The van der Waals surface area contributed by atoms with Gasteiger partial charge in [0.25, 0.3) is 0 Å². The summed E-state index contributed by atoms with van der Waals surface area (Å²) in [5.41, 5.74) is 1.02. The Morgan fingerprint density at radius 1 is 1.33 bits per heavy atom. The Morgan fingerprint density at radius 3 is 2.43 bits per heavy atom. The number of aromatic nitrogens is 2. The molecule has 116 valence electrons. The van der Waals surface area contributed by atoms with E-state index in [0.29, 0.717) is 24.7 Å². The van der Waals surface area contributed by atoms with E-state index in [9.17, 15) is 4.79 Å². The molecule has 1 aliphatic rings. The minimum Gasteiger partial charge on any atom is -0.481 e. The molecule has 1 fully saturated rings. The van der Waals surface area contributed by atoms with Gasteiger partial charge in [-0.25, -0.2) is 4.98 Å². The molecule has 2 rings (SSSR count). The standard InChI is InChI=1S/C15H24N4O2/c1-10(2)12-9-13(17-15(16-12)18(3)4)19-7-5-11(6-8-19)14(20)21/h9-11H,5-8H2,1-4H3,(H,20,21). The van der Waals surface area contributed by atoms with Crippen molar-refractivity contribution in [1.29, 1.82) is 0 Å². The van der Waals surface area contributed by atoms with Crippen LogP contribution in [0.15, 0.2) is 6.07 Å². The lowest BCUT2D eigenvalue weighted by Crippen LogP contribution is -2.37. The van der Waals surface area contributed by atoms with E-state index < -0.39 is 5.97 Å². The zero-order valence-electron chi connectivity index (χ0n) is 13.2. The Kier molecular flexibility index (Phi) is 4.65. The van der Waals surface area contributed by atoms with Gasteiger partial charge in [-0.3, -0.25) is 4.79 Å². The Balaban J connectivity index is 2.21. The van der Waals surface area contributed by atoms with Crippen LogP contribution in [0.5, 0.6) is 0 Å². The number of carbonyl (C=O) groups is 1. The fourth-order valence-electron chi connectivity index (χ4n) is 2.45. The SMILES string of the molecule is CC(C)c1cc(N2CCC(C(=O)O)CC2)nc(N(C)C)n1. The fraction of sp³-hybridized carbons (Fsp3) is 0.667. The van der Waals surface area contributed by atoms with Crippen molar-refractivity contribution in [3.8, 4) is 0 Å². The second-order valence-corrected chi connectivity index (χ2v) is 6.10. The number of rotatable bonds is 4. The first-order valence-corrected chi connectivity index (χ1v) is 7.42. The van der Waals surface area contributed by atoms with Crippen molar-refractivity contribution in [2.45, 2.75) is 32.6 Å². The van der Waals surface area contributed by atoms with Crippen molar-refractivity contribution in [2.75, 3.05) is 37.0 Å². The molecule has 2 heterocycles. The lowest BCUT2D eigenvalue weighted by molar-refractivity contribution is -0.142. The van der Waals surface area contributed by atoms with Crippen LogP contribution in [0.3, 0.4) is 0 Å². The van der Waals surface area contributed by atoms with E-state index in [1.54, 1.807) is 0 Å². The van der Waals surface area contributed by atoms with Crippen molar-refractivity contribution in [3.63, 3.8) is 0 Å². The molecule has 6 nitrogen and oxygen atoms in total.